The third-order valence-electron chi connectivity index (χ3n) is 5.19. The summed E-state index contributed by atoms with van der Waals surface area (Å²) in [4.78, 5) is 23.4. The van der Waals surface area contributed by atoms with E-state index >= 15 is 0 Å². The fourth-order valence-corrected chi connectivity index (χ4v) is 3.62. The molecule has 30 heavy (non-hydrogen) atoms. The van der Waals surface area contributed by atoms with Gasteiger partial charge in [0.25, 0.3) is 0 Å². The number of anilines is 1. The zero-order valence-electron chi connectivity index (χ0n) is 17.4. The molecule has 0 aliphatic carbocycles. The van der Waals surface area contributed by atoms with E-state index in [1.165, 1.54) is 0 Å². The van der Waals surface area contributed by atoms with Crippen LogP contribution in [0.4, 0.5) is 5.95 Å². The van der Waals surface area contributed by atoms with Gasteiger partial charge in [0.2, 0.25) is 5.95 Å². The predicted octanol–water partition coefficient (Wildman–Crippen LogP) is 3.07. The number of cyclic esters (lactones) is 1. The summed E-state index contributed by atoms with van der Waals surface area (Å²) in [5, 5.41) is 1.76. The summed E-state index contributed by atoms with van der Waals surface area (Å²) in [6.45, 7) is 1.49. The van der Waals surface area contributed by atoms with Gasteiger partial charge >= 0.3 is 5.97 Å². The first-order valence-corrected chi connectivity index (χ1v) is 9.48. The highest BCUT2D eigenvalue weighted by molar-refractivity contribution is 6.11. The van der Waals surface area contributed by atoms with Crippen molar-refractivity contribution >= 4 is 22.7 Å². The molecule has 0 saturated carbocycles. The van der Waals surface area contributed by atoms with Gasteiger partial charge in [0.15, 0.2) is 11.5 Å². The third-order valence-corrected chi connectivity index (χ3v) is 5.19. The smallest absolute Gasteiger partial charge is 0.339 e. The van der Waals surface area contributed by atoms with Crippen LogP contribution < -0.4 is 14.4 Å². The number of likely N-dealkylation sites (N-methyl/N-ethyl adjacent to an activating group) is 1. The van der Waals surface area contributed by atoms with E-state index in [9.17, 15) is 4.79 Å². The Labute approximate surface area is 174 Å². The van der Waals surface area contributed by atoms with Crippen LogP contribution in [0.5, 0.6) is 11.5 Å². The highest BCUT2D eigenvalue weighted by atomic mass is 16.5. The molecule has 0 amide bonds. The van der Waals surface area contributed by atoms with Crippen molar-refractivity contribution in [2.75, 3.05) is 46.4 Å². The zero-order chi connectivity index (χ0) is 21.3. The number of hydrogen-bond acceptors (Lipinski definition) is 8. The van der Waals surface area contributed by atoms with Crippen LogP contribution in [-0.4, -0.2) is 57.5 Å². The predicted molar refractivity (Wildman–Crippen MR) is 112 cm³/mol. The zero-order valence-corrected chi connectivity index (χ0v) is 17.4. The SMILES string of the molecule is COCCN(C)c1ncc(-c2c3c(cc4cc(OC)c(OC)cc24)COC3=O)cn1. The first-order valence-electron chi connectivity index (χ1n) is 9.48. The van der Waals surface area contributed by atoms with Gasteiger partial charge in [0, 0.05) is 49.8 Å². The lowest BCUT2D eigenvalue weighted by Gasteiger charge is -2.17. The molecule has 0 N–H and O–H groups in total. The van der Waals surface area contributed by atoms with Gasteiger partial charge in [-0.15, -0.1) is 0 Å². The summed E-state index contributed by atoms with van der Waals surface area (Å²) in [6, 6.07) is 5.72. The van der Waals surface area contributed by atoms with E-state index in [1.807, 2.05) is 30.1 Å². The van der Waals surface area contributed by atoms with Crippen molar-refractivity contribution in [2.24, 2.45) is 0 Å². The fraction of sp³-hybridized carbons (Fsp3) is 0.318. The number of carbonyl (C=O) groups excluding carboxylic acids is 1. The third kappa shape index (κ3) is 3.39. The largest absolute Gasteiger partial charge is 0.493 e. The quantitative estimate of drug-likeness (QED) is 0.551. The van der Waals surface area contributed by atoms with Crippen molar-refractivity contribution in [2.45, 2.75) is 6.61 Å². The standard InChI is InChI=1S/C22H23N3O5/c1-25(5-6-27-2)22-23-10-15(11-24-22)19-16-9-18(29-4)17(28-3)8-13(16)7-14-12-30-21(26)20(14)19/h7-11H,5-6,12H2,1-4H3. The van der Waals surface area contributed by atoms with Gasteiger partial charge in [-0.3, -0.25) is 0 Å². The average Bonchev–Trinajstić information content (AvgIpc) is 3.15. The van der Waals surface area contributed by atoms with Crippen molar-refractivity contribution in [3.63, 3.8) is 0 Å². The van der Waals surface area contributed by atoms with Crippen LogP contribution in [-0.2, 0) is 16.1 Å². The molecule has 2 heterocycles. The molecule has 0 radical (unpaired) electrons. The maximum Gasteiger partial charge on any atom is 0.339 e. The number of rotatable bonds is 7. The molecule has 4 rings (SSSR count). The maximum atomic E-state index is 12.5. The number of carbonyl (C=O) groups is 1. The van der Waals surface area contributed by atoms with Gasteiger partial charge < -0.3 is 23.8 Å². The first kappa shape index (κ1) is 19.9. The van der Waals surface area contributed by atoms with Gasteiger partial charge in [0.05, 0.1) is 26.4 Å². The molecule has 0 bridgehead atoms. The number of fused-ring (bicyclic) bond motifs is 2. The van der Waals surface area contributed by atoms with E-state index in [0.29, 0.717) is 36.2 Å². The summed E-state index contributed by atoms with van der Waals surface area (Å²) in [7, 11) is 6.73. The molecule has 8 heteroatoms. The van der Waals surface area contributed by atoms with Crippen LogP contribution in [0, 0.1) is 0 Å². The minimum absolute atomic E-state index is 0.240. The molecule has 3 aromatic rings. The molecule has 0 fully saturated rings. The number of benzene rings is 2. The van der Waals surface area contributed by atoms with Crippen molar-refractivity contribution < 1.29 is 23.7 Å². The second-order valence-corrected chi connectivity index (χ2v) is 6.98. The molecule has 156 valence electrons. The molecule has 0 atom stereocenters. The molecule has 2 aromatic carbocycles. The summed E-state index contributed by atoms with van der Waals surface area (Å²) >= 11 is 0. The van der Waals surface area contributed by atoms with E-state index in [2.05, 4.69) is 9.97 Å². The van der Waals surface area contributed by atoms with Gasteiger partial charge in [0.1, 0.15) is 6.61 Å². The molecule has 0 spiro atoms. The Balaban J connectivity index is 1.88. The van der Waals surface area contributed by atoms with Gasteiger partial charge in [-0.25, -0.2) is 14.8 Å². The minimum atomic E-state index is -0.349. The number of nitrogens with zero attached hydrogens (tertiary/aromatic N) is 3. The first-order chi connectivity index (χ1) is 14.6. The van der Waals surface area contributed by atoms with Crippen LogP contribution in [0.3, 0.4) is 0 Å². The minimum Gasteiger partial charge on any atom is -0.493 e. The van der Waals surface area contributed by atoms with E-state index < -0.39 is 0 Å². The average molecular weight is 409 g/mol. The van der Waals surface area contributed by atoms with E-state index in [-0.39, 0.29) is 12.6 Å². The Hall–Kier alpha value is -3.39. The van der Waals surface area contributed by atoms with Crippen LogP contribution in [0.25, 0.3) is 21.9 Å². The summed E-state index contributed by atoms with van der Waals surface area (Å²) in [5.74, 6) is 1.43. The Kier molecular flexibility index (Phi) is 5.41. The van der Waals surface area contributed by atoms with Crippen molar-refractivity contribution in [1.82, 2.24) is 9.97 Å². The van der Waals surface area contributed by atoms with Crippen LogP contribution in [0.2, 0.25) is 0 Å². The molecular formula is C22H23N3O5. The summed E-state index contributed by atoms with van der Waals surface area (Å²) < 4.78 is 21.3. The molecule has 1 aliphatic rings. The van der Waals surface area contributed by atoms with Crippen molar-refractivity contribution in [3.8, 4) is 22.6 Å². The number of aromatic nitrogens is 2. The Morgan fingerprint density at radius 1 is 1.03 bits per heavy atom. The topological polar surface area (TPSA) is 83.0 Å². The molecule has 1 aromatic heterocycles. The lowest BCUT2D eigenvalue weighted by atomic mass is 9.91. The monoisotopic (exact) mass is 409 g/mol. The molecule has 1 aliphatic heterocycles. The van der Waals surface area contributed by atoms with Crippen LogP contribution in [0.15, 0.2) is 30.6 Å². The van der Waals surface area contributed by atoms with Gasteiger partial charge in [-0.05, 0) is 29.0 Å². The molecule has 0 saturated heterocycles. The molecular weight excluding hydrogens is 386 g/mol. The number of hydrogen-bond donors (Lipinski definition) is 0. The summed E-state index contributed by atoms with van der Waals surface area (Å²) in [5.41, 5.74) is 2.83. The lowest BCUT2D eigenvalue weighted by Crippen LogP contribution is -2.24. The highest BCUT2D eigenvalue weighted by Crippen LogP contribution is 2.42. The van der Waals surface area contributed by atoms with Gasteiger partial charge in [-0.2, -0.15) is 0 Å². The second-order valence-electron chi connectivity index (χ2n) is 6.98. The number of esters is 1. The summed E-state index contributed by atoms with van der Waals surface area (Å²) in [6.07, 6.45) is 3.45. The number of methoxy groups -OCH3 is 3. The van der Waals surface area contributed by atoms with E-state index in [0.717, 1.165) is 27.5 Å². The van der Waals surface area contributed by atoms with Crippen molar-refractivity contribution in [3.05, 3.63) is 41.7 Å². The normalized spacial score (nSPS) is 12.6. The Morgan fingerprint density at radius 2 is 1.73 bits per heavy atom. The molecule has 0 unspecified atom stereocenters. The Morgan fingerprint density at radius 3 is 2.40 bits per heavy atom. The lowest BCUT2D eigenvalue weighted by molar-refractivity contribution is 0.0535. The Bertz CT molecular complexity index is 1100. The highest BCUT2D eigenvalue weighted by Gasteiger charge is 2.28. The van der Waals surface area contributed by atoms with Crippen LogP contribution in [0.1, 0.15) is 15.9 Å². The second kappa shape index (κ2) is 8.16. The van der Waals surface area contributed by atoms with Crippen LogP contribution >= 0.6 is 0 Å². The molecule has 8 nitrogen and oxygen atoms in total. The van der Waals surface area contributed by atoms with E-state index in [1.54, 1.807) is 33.7 Å². The number of ether oxygens (including phenoxy) is 4. The van der Waals surface area contributed by atoms with Gasteiger partial charge in [-0.1, -0.05) is 0 Å². The van der Waals surface area contributed by atoms with E-state index in [4.69, 9.17) is 18.9 Å². The fourth-order valence-electron chi connectivity index (χ4n) is 3.62. The maximum absolute atomic E-state index is 12.5. The van der Waals surface area contributed by atoms with Crippen molar-refractivity contribution in [1.29, 1.82) is 0 Å².